The molecule has 1 heterocycles. The summed E-state index contributed by atoms with van der Waals surface area (Å²) in [5.41, 5.74) is 0.258. The highest BCUT2D eigenvalue weighted by Gasteiger charge is 2.37. The SMILES string of the molecule is CC(C)(CO)[C@@H](c1cc(O)ccc1O)N1CCNCC1.Cl. The van der Waals surface area contributed by atoms with E-state index in [0.29, 0.717) is 5.56 Å². The third-order valence-electron chi connectivity index (χ3n) is 3.97. The second-order valence-electron chi connectivity index (χ2n) is 6.08. The van der Waals surface area contributed by atoms with Gasteiger partial charge in [-0.1, -0.05) is 13.8 Å². The van der Waals surface area contributed by atoms with Crippen molar-refractivity contribution in [2.45, 2.75) is 19.9 Å². The summed E-state index contributed by atoms with van der Waals surface area (Å²) in [6.45, 7) is 7.44. The summed E-state index contributed by atoms with van der Waals surface area (Å²) in [5, 5.41) is 32.9. The summed E-state index contributed by atoms with van der Waals surface area (Å²) in [7, 11) is 0. The lowest BCUT2D eigenvalue weighted by Crippen LogP contribution is -2.49. The molecule has 120 valence electrons. The number of phenolic OH excluding ortho intramolecular Hbond substituents is 2. The van der Waals surface area contributed by atoms with Gasteiger partial charge in [0.2, 0.25) is 0 Å². The number of rotatable bonds is 4. The highest BCUT2D eigenvalue weighted by molar-refractivity contribution is 5.85. The maximum Gasteiger partial charge on any atom is 0.120 e. The summed E-state index contributed by atoms with van der Waals surface area (Å²) in [6.07, 6.45) is 0. The summed E-state index contributed by atoms with van der Waals surface area (Å²) < 4.78 is 0. The number of aromatic hydroxyl groups is 2. The van der Waals surface area contributed by atoms with E-state index in [2.05, 4.69) is 10.2 Å². The molecule has 0 amide bonds. The van der Waals surface area contributed by atoms with Crippen molar-refractivity contribution < 1.29 is 15.3 Å². The molecule has 6 heteroatoms. The topological polar surface area (TPSA) is 76.0 Å². The molecule has 0 radical (unpaired) electrons. The van der Waals surface area contributed by atoms with Crippen LogP contribution in [0.5, 0.6) is 11.5 Å². The highest BCUT2D eigenvalue weighted by atomic mass is 35.5. The Labute approximate surface area is 132 Å². The predicted molar refractivity (Wildman–Crippen MR) is 85.1 cm³/mol. The largest absolute Gasteiger partial charge is 0.508 e. The van der Waals surface area contributed by atoms with Gasteiger partial charge in [-0.05, 0) is 18.2 Å². The Bertz CT molecular complexity index is 462. The standard InChI is InChI=1S/C15H24N2O3.ClH/c1-15(2,10-18)14(17-7-5-16-6-8-17)12-9-11(19)3-4-13(12)20;/h3-4,9,14,16,18-20H,5-8,10H2,1-2H3;1H/t14-;/m1./s1. The third-order valence-corrected chi connectivity index (χ3v) is 3.97. The highest BCUT2D eigenvalue weighted by Crippen LogP contribution is 2.42. The quantitative estimate of drug-likeness (QED) is 0.633. The monoisotopic (exact) mass is 316 g/mol. The maximum atomic E-state index is 10.2. The van der Waals surface area contributed by atoms with Crippen LogP contribution in [0.2, 0.25) is 0 Å². The number of piperazine rings is 1. The van der Waals surface area contributed by atoms with Crippen LogP contribution < -0.4 is 5.32 Å². The van der Waals surface area contributed by atoms with Gasteiger partial charge < -0.3 is 20.6 Å². The van der Waals surface area contributed by atoms with E-state index in [1.54, 1.807) is 6.07 Å². The fourth-order valence-corrected chi connectivity index (χ4v) is 2.90. The van der Waals surface area contributed by atoms with Crippen molar-refractivity contribution in [1.29, 1.82) is 0 Å². The molecule has 4 N–H and O–H groups in total. The van der Waals surface area contributed by atoms with Crippen LogP contribution in [0.15, 0.2) is 18.2 Å². The minimum Gasteiger partial charge on any atom is -0.508 e. The molecule has 0 unspecified atom stereocenters. The van der Waals surface area contributed by atoms with Gasteiger partial charge in [0, 0.05) is 49.8 Å². The zero-order valence-corrected chi connectivity index (χ0v) is 13.4. The second kappa shape index (κ2) is 7.31. The van der Waals surface area contributed by atoms with Crippen LogP contribution >= 0.6 is 12.4 Å². The van der Waals surface area contributed by atoms with E-state index in [4.69, 9.17) is 0 Å². The average Bonchev–Trinajstić information content (AvgIpc) is 2.44. The summed E-state index contributed by atoms with van der Waals surface area (Å²) in [6, 6.07) is 4.44. The van der Waals surface area contributed by atoms with Crippen LogP contribution in [0.1, 0.15) is 25.5 Å². The van der Waals surface area contributed by atoms with E-state index in [1.165, 1.54) is 12.1 Å². The molecule has 5 nitrogen and oxygen atoms in total. The number of benzene rings is 1. The van der Waals surface area contributed by atoms with Gasteiger partial charge in [0.05, 0.1) is 0 Å². The number of aliphatic hydroxyl groups excluding tert-OH is 1. The second-order valence-corrected chi connectivity index (χ2v) is 6.08. The normalized spacial score (nSPS) is 18.0. The molecule has 0 aromatic heterocycles. The molecule has 1 aliphatic heterocycles. The molecular formula is C15H25ClN2O3. The lowest BCUT2D eigenvalue weighted by molar-refractivity contribution is 0.0292. The number of halogens is 1. The van der Waals surface area contributed by atoms with Crippen LogP contribution in [0.3, 0.4) is 0 Å². The number of nitrogens with zero attached hydrogens (tertiary/aromatic N) is 1. The van der Waals surface area contributed by atoms with Gasteiger partial charge in [0.1, 0.15) is 11.5 Å². The maximum absolute atomic E-state index is 10.2. The van der Waals surface area contributed by atoms with Crippen LogP contribution in [-0.4, -0.2) is 53.0 Å². The molecule has 1 aromatic carbocycles. The number of phenols is 2. The lowest BCUT2D eigenvalue weighted by Gasteiger charge is -2.43. The smallest absolute Gasteiger partial charge is 0.120 e. The fourth-order valence-electron chi connectivity index (χ4n) is 2.90. The number of nitrogens with one attached hydrogen (secondary N) is 1. The predicted octanol–water partition coefficient (Wildman–Crippen LogP) is 1.48. The molecule has 0 spiro atoms. The van der Waals surface area contributed by atoms with Crippen molar-refractivity contribution in [3.63, 3.8) is 0 Å². The van der Waals surface area contributed by atoms with Gasteiger partial charge in [-0.3, -0.25) is 4.90 Å². The molecule has 21 heavy (non-hydrogen) atoms. The van der Waals surface area contributed by atoms with E-state index >= 15 is 0 Å². The Hall–Kier alpha value is -1.01. The Morgan fingerprint density at radius 3 is 2.43 bits per heavy atom. The Morgan fingerprint density at radius 1 is 1.24 bits per heavy atom. The number of hydrogen-bond acceptors (Lipinski definition) is 5. The zero-order valence-electron chi connectivity index (χ0n) is 12.5. The molecular weight excluding hydrogens is 292 g/mol. The molecule has 0 aliphatic carbocycles. The van der Waals surface area contributed by atoms with Gasteiger partial charge >= 0.3 is 0 Å². The molecule has 2 rings (SSSR count). The van der Waals surface area contributed by atoms with Crippen LogP contribution in [-0.2, 0) is 0 Å². The minimum absolute atomic E-state index is 0. The van der Waals surface area contributed by atoms with E-state index < -0.39 is 5.41 Å². The third kappa shape index (κ3) is 4.01. The molecule has 0 saturated carbocycles. The summed E-state index contributed by atoms with van der Waals surface area (Å²) in [4.78, 5) is 2.25. The van der Waals surface area contributed by atoms with E-state index in [9.17, 15) is 15.3 Å². The molecule has 1 aromatic rings. The van der Waals surface area contributed by atoms with Gasteiger partial charge in [0.25, 0.3) is 0 Å². The van der Waals surface area contributed by atoms with Crippen molar-refractivity contribution in [3.8, 4) is 11.5 Å². The summed E-state index contributed by atoms with van der Waals surface area (Å²) in [5.74, 6) is 0.291. The molecule has 1 atom stereocenters. The molecule has 1 fully saturated rings. The molecule has 1 aliphatic rings. The van der Waals surface area contributed by atoms with E-state index in [-0.39, 0.29) is 36.6 Å². The lowest BCUT2D eigenvalue weighted by atomic mass is 9.79. The first kappa shape index (κ1) is 18.0. The van der Waals surface area contributed by atoms with Crippen molar-refractivity contribution in [2.75, 3.05) is 32.8 Å². The Kier molecular flexibility index (Phi) is 6.28. The van der Waals surface area contributed by atoms with Gasteiger partial charge in [0.15, 0.2) is 0 Å². The van der Waals surface area contributed by atoms with Gasteiger partial charge in [-0.25, -0.2) is 0 Å². The summed E-state index contributed by atoms with van der Waals surface area (Å²) >= 11 is 0. The average molecular weight is 317 g/mol. The van der Waals surface area contributed by atoms with Crippen molar-refractivity contribution in [2.24, 2.45) is 5.41 Å². The molecule has 1 saturated heterocycles. The Morgan fingerprint density at radius 2 is 1.86 bits per heavy atom. The first-order chi connectivity index (χ1) is 9.45. The number of aliphatic hydroxyl groups is 1. The van der Waals surface area contributed by atoms with Crippen molar-refractivity contribution >= 4 is 12.4 Å². The van der Waals surface area contributed by atoms with Crippen LogP contribution in [0, 0.1) is 5.41 Å². The first-order valence-electron chi connectivity index (χ1n) is 7.03. The fraction of sp³-hybridized carbons (Fsp3) is 0.600. The molecule has 0 bridgehead atoms. The Balaban J connectivity index is 0.00000220. The van der Waals surface area contributed by atoms with Crippen LogP contribution in [0.4, 0.5) is 0 Å². The first-order valence-corrected chi connectivity index (χ1v) is 7.03. The van der Waals surface area contributed by atoms with Crippen molar-refractivity contribution in [3.05, 3.63) is 23.8 Å². The van der Waals surface area contributed by atoms with Gasteiger partial charge in [-0.15, -0.1) is 12.4 Å². The van der Waals surface area contributed by atoms with Crippen LogP contribution in [0.25, 0.3) is 0 Å². The van der Waals surface area contributed by atoms with Crippen molar-refractivity contribution in [1.82, 2.24) is 10.2 Å². The van der Waals surface area contributed by atoms with E-state index in [0.717, 1.165) is 26.2 Å². The minimum atomic E-state index is -0.414. The number of hydrogen-bond donors (Lipinski definition) is 4. The van der Waals surface area contributed by atoms with Gasteiger partial charge in [-0.2, -0.15) is 0 Å². The van der Waals surface area contributed by atoms with E-state index in [1.807, 2.05) is 13.8 Å². The zero-order chi connectivity index (χ0) is 14.8.